The molecule has 9 nitrogen and oxygen atoms in total. The molecule has 0 saturated heterocycles. The zero-order valence-corrected chi connectivity index (χ0v) is 15.3. The molecule has 0 unspecified atom stereocenters. The Morgan fingerprint density at radius 3 is 2.32 bits per heavy atom. The lowest BCUT2D eigenvalue weighted by molar-refractivity contribution is -0.159. The SMILES string of the molecule is COc1ccc(C/C(C)=N/Nc2nc3ccccc3[nH]2)cc1.O=C(O)C(=O)O. The number of aromatic amines is 1. The van der Waals surface area contributed by atoms with Crippen LogP contribution in [0, 0.1) is 0 Å². The van der Waals surface area contributed by atoms with Crippen LogP contribution in [0.4, 0.5) is 5.95 Å². The number of aliphatic carboxylic acids is 2. The molecule has 0 bridgehead atoms. The Labute approximate surface area is 160 Å². The summed E-state index contributed by atoms with van der Waals surface area (Å²) in [6.45, 7) is 1.99. The molecule has 0 fully saturated rings. The molecule has 4 N–H and O–H groups in total. The molecule has 0 aliphatic carbocycles. The molecule has 0 aliphatic heterocycles. The number of hydrogen-bond donors (Lipinski definition) is 4. The Bertz CT molecular complexity index is 934. The maximum absolute atomic E-state index is 9.10. The number of ether oxygens (including phenoxy) is 1. The number of fused-ring (bicyclic) bond motifs is 1. The van der Waals surface area contributed by atoms with Crippen molar-refractivity contribution in [2.45, 2.75) is 13.3 Å². The Morgan fingerprint density at radius 1 is 1.11 bits per heavy atom. The number of methoxy groups -OCH3 is 1. The van der Waals surface area contributed by atoms with Crippen LogP contribution in [-0.4, -0.2) is 44.9 Å². The van der Waals surface area contributed by atoms with Crippen LogP contribution in [0.15, 0.2) is 53.6 Å². The molecular formula is C19H20N4O5. The van der Waals surface area contributed by atoms with Gasteiger partial charge in [-0.25, -0.2) is 20.0 Å². The number of H-pyrrole nitrogens is 1. The molecule has 0 aliphatic rings. The fraction of sp³-hybridized carbons (Fsp3) is 0.158. The first-order valence-corrected chi connectivity index (χ1v) is 8.22. The van der Waals surface area contributed by atoms with Crippen LogP contribution in [0.2, 0.25) is 0 Å². The third-order valence-corrected chi connectivity index (χ3v) is 3.54. The van der Waals surface area contributed by atoms with Crippen molar-refractivity contribution in [1.82, 2.24) is 9.97 Å². The van der Waals surface area contributed by atoms with Crippen LogP contribution in [0.25, 0.3) is 11.0 Å². The normalized spacial score (nSPS) is 10.7. The van der Waals surface area contributed by atoms with Crippen LogP contribution >= 0.6 is 0 Å². The van der Waals surface area contributed by atoms with E-state index in [0.717, 1.165) is 28.9 Å². The van der Waals surface area contributed by atoms with E-state index in [-0.39, 0.29) is 0 Å². The number of carboxylic acids is 2. The first-order chi connectivity index (χ1) is 13.4. The topological polar surface area (TPSA) is 137 Å². The van der Waals surface area contributed by atoms with Crippen LogP contribution in [0.5, 0.6) is 5.75 Å². The maximum Gasteiger partial charge on any atom is 0.414 e. The molecule has 0 radical (unpaired) electrons. The van der Waals surface area contributed by atoms with Gasteiger partial charge in [0.15, 0.2) is 0 Å². The monoisotopic (exact) mass is 384 g/mol. The molecule has 28 heavy (non-hydrogen) atoms. The first kappa shape index (κ1) is 20.4. The predicted molar refractivity (Wildman–Crippen MR) is 105 cm³/mol. The number of imidazole rings is 1. The van der Waals surface area contributed by atoms with E-state index in [2.05, 4.69) is 20.5 Å². The Hall–Kier alpha value is -3.88. The number of para-hydroxylation sites is 2. The van der Waals surface area contributed by atoms with Crippen molar-refractivity contribution in [3.05, 3.63) is 54.1 Å². The fourth-order valence-electron chi connectivity index (χ4n) is 2.23. The number of aromatic nitrogens is 2. The predicted octanol–water partition coefficient (Wildman–Crippen LogP) is 2.76. The van der Waals surface area contributed by atoms with Crippen molar-refractivity contribution < 1.29 is 24.5 Å². The molecule has 0 spiro atoms. The average Bonchev–Trinajstić information content (AvgIpc) is 3.10. The van der Waals surface area contributed by atoms with Crippen molar-refractivity contribution in [3.63, 3.8) is 0 Å². The van der Waals surface area contributed by atoms with Gasteiger partial charge in [-0.05, 0) is 36.8 Å². The van der Waals surface area contributed by atoms with Crippen molar-refractivity contribution in [2.75, 3.05) is 12.5 Å². The van der Waals surface area contributed by atoms with Crippen LogP contribution in [0.3, 0.4) is 0 Å². The molecular weight excluding hydrogens is 364 g/mol. The zero-order chi connectivity index (χ0) is 20.5. The van der Waals surface area contributed by atoms with Gasteiger partial charge in [-0.1, -0.05) is 24.3 Å². The number of carboxylic acid groups (broad SMARTS) is 2. The number of nitrogens with one attached hydrogen (secondary N) is 2. The molecule has 1 heterocycles. The maximum atomic E-state index is 9.10. The smallest absolute Gasteiger partial charge is 0.414 e. The fourth-order valence-corrected chi connectivity index (χ4v) is 2.23. The van der Waals surface area contributed by atoms with E-state index in [9.17, 15) is 0 Å². The van der Waals surface area contributed by atoms with Gasteiger partial charge in [0.2, 0.25) is 5.95 Å². The largest absolute Gasteiger partial charge is 0.497 e. The molecule has 3 aromatic rings. The van der Waals surface area contributed by atoms with Crippen LogP contribution < -0.4 is 10.2 Å². The van der Waals surface area contributed by atoms with Gasteiger partial charge in [0, 0.05) is 12.1 Å². The van der Waals surface area contributed by atoms with Gasteiger partial charge >= 0.3 is 11.9 Å². The van der Waals surface area contributed by atoms with Gasteiger partial charge < -0.3 is 19.9 Å². The summed E-state index contributed by atoms with van der Waals surface area (Å²) in [5.74, 6) is -2.14. The molecule has 9 heteroatoms. The second kappa shape index (κ2) is 9.72. The summed E-state index contributed by atoms with van der Waals surface area (Å²) in [5, 5.41) is 19.2. The second-order valence-corrected chi connectivity index (χ2v) is 5.70. The summed E-state index contributed by atoms with van der Waals surface area (Å²) in [5.41, 5.74) is 7.06. The molecule has 3 rings (SSSR count). The van der Waals surface area contributed by atoms with E-state index in [0.29, 0.717) is 5.95 Å². The van der Waals surface area contributed by atoms with Crippen LogP contribution in [-0.2, 0) is 16.0 Å². The van der Waals surface area contributed by atoms with Gasteiger partial charge in [0.25, 0.3) is 0 Å². The summed E-state index contributed by atoms with van der Waals surface area (Å²) >= 11 is 0. The third-order valence-electron chi connectivity index (χ3n) is 3.54. The lowest BCUT2D eigenvalue weighted by atomic mass is 10.1. The minimum Gasteiger partial charge on any atom is -0.497 e. The molecule has 2 aromatic carbocycles. The molecule has 146 valence electrons. The highest BCUT2D eigenvalue weighted by atomic mass is 16.5. The zero-order valence-electron chi connectivity index (χ0n) is 15.3. The third kappa shape index (κ3) is 6.13. The molecule has 0 atom stereocenters. The van der Waals surface area contributed by atoms with E-state index in [1.165, 1.54) is 5.56 Å². The second-order valence-electron chi connectivity index (χ2n) is 5.70. The lowest BCUT2D eigenvalue weighted by Crippen LogP contribution is -2.09. The number of rotatable bonds is 5. The highest BCUT2D eigenvalue weighted by molar-refractivity contribution is 6.27. The van der Waals surface area contributed by atoms with E-state index >= 15 is 0 Å². The van der Waals surface area contributed by atoms with Crippen molar-refractivity contribution in [1.29, 1.82) is 0 Å². The quantitative estimate of drug-likeness (QED) is 0.301. The van der Waals surface area contributed by atoms with E-state index in [4.69, 9.17) is 24.5 Å². The average molecular weight is 384 g/mol. The van der Waals surface area contributed by atoms with Gasteiger partial charge in [-0.3, -0.25) is 0 Å². The minimum absolute atomic E-state index is 0.648. The van der Waals surface area contributed by atoms with E-state index in [1.807, 2.05) is 55.5 Å². The van der Waals surface area contributed by atoms with Gasteiger partial charge in [-0.2, -0.15) is 5.10 Å². The number of carbonyl (C=O) groups is 2. The van der Waals surface area contributed by atoms with Crippen molar-refractivity contribution >= 4 is 34.6 Å². The number of anilines is 1. The Balaban J connectivity index is 0.000000409. The summed E-state index contributed by atoms with van der Waals surface area (Å²) in [4.78, 5) is 25.8. The molecule has 1 aromatic heterocycles. The molecule has 0 saturated carbocycles. The number of benzene rings is 2. The van der Waals surface area contributed by atoms with E-state index < -0.39 is 11.9 Å². The standard InChI is InChI=1S/C17H18N4O.C2H2O4/c1-12(11-13-7-9-14(22-2)10-8-13)20-21-17-18-15-5-3-4-6-16(15)19-17;3-1(4)2(5)6/h3-10H,11H2,1-2H3,(H2,18,19,21);(H,3,4)(H,5,6)/b20-12+;. The Morgan fingerprint density at radius 2 is 1.75 bits per heavy atom. The van der Waals surface area contributed by atoms with Crippen LogP contribution in [0.1, 0.15) is 12.5 Å². The summed E-state index contributed by atoms with van der Waals surface area (Å²) in [7, 11) is 1.67. The van der Waals surface area contributed by atoms with Crippen molar-refractivity contribution in [2.24, 2.45) is 5.10 Å². The lowest BCUT2D eigenvalue weighted by Gasteiger charge is -2.03. The number of nitrogens with zero attached hydrogens (tertiary/aromatic N) is 2. The number of hydrazone groups is 1. The highest BCUT2D eigenvalue weighted by Gasteiger charge is 2.04. The number of hydrogen-bond acceptors (Lipinski definition) is 6. The first-order valence-electron chi connectivity index (χ1n) is 8.22. The van der Waals surface area contributed by atoms with Gasteiger partial charge in [-0.15, -0.1) is 0 Å². The van der Waals surface area contributed by atoms with Gasteiger partial charge in [0.05, 0.1) is 18.1 Å². The minimum atomic E-state index is -1.82. The van der Waals surface area contributed by atoms with Crippen molar-refractivity contribution in [3.8, 4) is 5.75 Å². The van der Waals surface area contributed by atoms with E-state index in [1.54, 1.807) is 7.11 Å². The summed E-state index contributed by atoms with van der Waals surface area (Å²) in [6, 6.07) is 15.9. The van der Waals surface area contributed by atoms with Gasteiger partial charge in [0.1, 0.15) is 5.75 Å². The highest BCUT2D eigenvalue weighted by Crippen LogP contribution is 2.14. The Kier molecular flexibility index (Phi) is 7.09. The summed E-state index contributed by atoms with van der Waals surface area (Å²) < 4.78 is 5.15. The summed E-state index contributed by atoms with van der Waals surface area (Å²) in [6.07, 6.45) is 0.775. The molecule has 0 amide bonds.